The van der Waals surface area contributed by atoms with Crippen LogP contribution in [0.5, 0.6) is 0 Å². The average Bonchev–Trinajstić information content (AvgIpc) is 3.52. The number of rotatable bonds is 2. The lowest BCUT2D eigenvalue weighted by Gasteiger charge is -2.26. The summed E-state index contributed by atoms with van der Waals surface area (Å²) in [7, 11) is 0. The van der Waals surface area contributed by atoms with E-state index in [9.17, 15) is 0 Å². The minimum Gasteiger partial charge on any atom is -0.308 e. The van der Waals surface area contributed by atoms with E-state index in [-0.39, 0.29) is 5.41 Å². The molecule has 37 heavy (non-hydrogen) atoms. The summed E-state index contributed by atoms with van der Waals surface area (Å²) in [5.41, 5.74) is 7.93. The summed E-state index contributed by atoms with van der Waals surface area (Å²) in [6.45, 7) is 7.06. The van der Waals surface area contributed by atoms with Gasteiger partial charge in [0, 0.05) is 27.7 Å². The Kier molecular flexibility index (Phi) is 4.31. The van der Waals surface area contributed by atoms with E-state index in [0.29, 0.717) is 0 Å². The highest BCUT2D eigenvalue weighted by Gasteiger charge is 2.27. The van der Waals surface area contributed by atoms with Gasteiger partial charge in [-0.05, 0) is 69.3 Å². The lowest BCUT2D eigenvalue weighted by Crippen LogP contribution is -2.14. The SMILES string of the molecule is CC(C)(C)c1c2ccccc2cc2c3nccc4ccc5c6cc(CC7CCCC7)ccc6n(c12)c5c43. The van der Waals surface area contributed by atoms with E-state index in [1.165, 1.54) is 97.5 Å². The van der Waals surface area contributed by atoms with Crippen LogP contribution >= 0.6 is 0 Å². The van der Waals surface area contributed by atoms with Crippen LogP contribution < -0.4 is 0 Å². The van der Waals surface area contributed by atoms with Crippen molar-refractivity contribution in [2.75, 3.05) is 0 Å². The van der Waals surface area contributed by atoms with Crippen LogP contribution in [0.2, 0.25) is 0 Å². The molecule has 8 rings (SSSR count). The molecule has 1 aliphatic carbocycles. The van der Waals surface area contributed by atoms with Crippen LogP contribution in [-0.4, -0.2) is 9.38 Å². The summed E-state index contributed by atoms with van der Waals surface area (Å²) in [6, 6.07) is 25.4. The molecule has 0 unspecified atom stereocenters. The lowest BCUT2D eigenvalue weighted by molar-refractivity contribution is 0.547. The second-order valence-electron chi connectivity index (χ2n) is 12.4. The largest absolute Gasteiger partial charge is 0.308 e. The molecule has 0 N–H and O–H groups in total. The number of fused-ring (bicyclic) bond motifs is 7. The van der Waals surface area contributed by atoms with E-state index in [0.717, 1.165) is 11.4 Å². The Balaban J connectivity index is 1.61. The van der Waals surface area contributed by atoms with E-state index < -0.39 is 0 Å². The highest BCUT2D eigenvalue weighted by molar-refractivity contribution is 6.29. The maximum Gasteiger partial charge on any atom is 0.0823 e. The molecule has 0 amide bonds. The zero-order valence-electron chi connectivity index (χ0n) is 21.9. The second kappa shape index (κ2) is 7.44. The van der Waals surface area contributed by atoms with Gasteiger partial charge in [0.1, 0.15) is 0 Å². The highest BCUT2D eigenvalue weighted by atomic mass is 14.9. The Morgan fingerprint density at radius 3 is 2.46 bits per heavy atom. The molecule has 1 saturated carbocycles. The first kappa shape index (κ1) is 21.4. The van der Waals surface area contributed by atoms with E-state index >= 15 is 0 Å². The van der Waals surface area contributed by atoms with Crippen molar-refractivity contribution in [2.45, 2.75) is 58.3 Å². The van der Waals surface area contributed by atoms with Crippen LogP contribution in [0.25, 0.3) is 59.8 Å². The Labute approximate surface area is 217 Å². The summed E-state index contributed by atoms with van der Waals surface area (Å²) in [5.74, 6) is 0.845. The van der Waals surface area contributed by atoms with E-state index in [1.807, 2.05) is 6.20 Å². The Morgan fingerprint density at radius 1 is 0.784 bits per heavy atom. The third-order valence-corrected chi connectivity index (χ3v) is 8.97. The minimum absolute atomic E-state index is 0.0313. The van der Waals surface area contributed by atoms with Crippen LogP contribution in [0.15, 0.2) is 72.9 Å². The smallest absolute Gasteiger partial charge is 0.0823 e. The zero-order chi connectivity index (χ0) is 24.9. The van der Waals surface area contributed by atoms with Gasteiger partial charge in [0.05, 0.1) is 22.1 Å². The number of benzene rings is 4. The predicted octanol–water partition coefficient (Wildman–Crippen LogP) is 9.57. The zero-order valence-corrected chi connectivity index (χ0v) is 21.9. The molecule has 1 aliphatic rings. The molecule has 3 aromatic heterocycles. The molecule has 2 heteroatoms. The summed E-state index contributed by atoms with van der Waals surface area (Å²) >= 11 is 0. The molecule has 0 bridgehead atoms. The highest BCUT2D eigenvalue weighted by Crippen LogP contribution is 2.45. The van der Waals surface area contributed by atoms with Gasteiger partial charge in [-0.1, -0.05) is 88.9 Å². The quantitative estimate of drug-likeness (QED) is 0.178. The molecule has 0 atom stereocenters. The second-order valence-corrected chi connectivity index (χ2v) is 12.4. The van der Waals surface area contributed by atoms with Gasteiger partial charge in [-0.2, -0.15) is 0 Å². The van der Waals surface area contributed by atoms with Gasteiger partial charge >= 0.3 is 0 Å². The lowest BCUT2D eigenvalue weighted by atomic mass is 9.81. The van der Waals surface area contributed by atoms with Crippen LogP contribution in [-0.2, 0) is 11.8 Å². The molecule has 7 aromatic rings. The fourth-order valence-corrected chi connectivity index (χ4v) is 7.44. The first-order chi connectivity index (χ1) is 18.0. The van der Waals surface area contributed by atoms with Gasteiger partial charge < -0.3 is 4.40 Å². The topological polar surface area (TPSA) is 17.3 Å². The van der Waals surface area contributed by atoms with Gasteiger partial charge in [-0.3, -0.25) is 4.98 Å². The fourth-order valence-electron chi connectivity index (χ4n) is 7.44. The van der Waals surface area contributed by atoms with Crippen LogP contribution in [0.4, 0.5) is 0 Å². The summed E-state index contributed by atoms with van der Waals surface area (Å²) in [5, 5.41) is 9.16. The Hall–Kier alpha value is -3.65. The van der Waals surface area contributed by atoms with Gasteiger partial charge in [0.25, 0.3) is 0 Å². The molecule has 0 aliphatic heterocycles. The molecular weight excluding hydrogens is 448 g/mol. The molecule has 2 nitrogen and oxygen atoms in total. The standard InChI is InChI=1S/C35H32N2/c1-35(2,3)31-25-11-7-6-10-24(25)20-28-32-30-23(16-17-36-32)13-14-26-27-19-22(18-21-8-4-5-9-21)12-15-29(27)37(33(26)30)34(28)31/h6-7,10-17,19-21H,4-5,8-9,18H2,1-3H3. The van der Waals surface area contributed by atoms with Crippen molar-refractivity contribution in [3.63, 3.8) is 0 Å². The van der Waals surface area contributed by atoms with Gasteiger partial charge in [-0.25, -0.2) is 0 Å². The van der Waals surface area contributed by atoms with Crippen molar-refractivity contribution in [1.29, 1.82) is 0 Å². The average molecular weight is 481 g/mol. The van der Waals surface area contributed by atoms with Gasteiger partial charge in [-0.15, -0.1) is 0 Å². The molecule has 0 radical (unpaired) electrons. The normalized spacial score (nSPS) is 15.5. The maximum absolute atomic E-state index is 5.03. The summed E-state index contributed by atoms with van der Waals surface area (Å²) < 4.78 is 2.59. The summed E-state index contributed by atoms with van der Waals surface area (Å²) in [4.78, 5) is 5.03. The van der Waals surface area contributed by atoms with Crippen LogP contribution in [0.1, 0.15) is 57.6 Å². The molecular formula is C35H32N2. The maximum atomic E-state index is 5.03. The third-order valence-electron chi connectivity index (χ3n) is 8.97. The van der Waals surface area contributed by atoms with Crippen molar-refractivity contribution in [2.24, 2.45) is 5.92 Å². The van der Waals surface area contributed by atoms with E-state index in [2.05, 4.69) is 91.9 Å². The molecule has 4 aromatic carbocycles. The third kappa shape index (κ3) is 2.96. The van der Waals surface area contributed by atoms with Crippen molar-refractivity contribution >= 4 is 59.8 Å². The number of pyridine rings is 2. The molecule has 0 saturated heterocycles. The van der Waals surface area contributed by atoms with Crippen LogP contribution in [0.3, 0.4) is 0 Å². The number of aromatic nitrogens is 2. The molecule has 3 heterocycles. The van der Waals surface area contributed by atoms with Crippen molar-refractivity contribution < 1.29 is 0 Å². The van der Waals surface area contributed by atoms with Crippen molar-refractivity contribution in [3.05, 3.63) is 84.1 Å². The molecule has 182 valence electrons. The van der Waals surface area contributed by atoms with Crippen LogP contribution in [0, 0.1) is 5.92 Å². The first-order valence-corrected chi connectivity index (χ1v) is 13.9. The number of nitrogens with zero attached hydrogens (tertiary/aromatic N) is 2. The van der Waals surface area contributed by atoms with Gasteiger partial charge in [0.2, 0.25) is 0 Å². The monoisotopic (exact) mass is 480 g/mol. The first-order valence-electron chi connectivity index (χ1n) is 13.9. The van der Waals surface area contributed by atoms with Gasteiger partial charge in [0.15, 0.2) is 0 Å². The molecule has 1 fully saturated rings. The van der Waals surface area contributed by atoms with E-state index in [1.54, 1.807) is 0 Å². The fraction of sp³-hybridized carbons (Fsp3) is 0.286. The minimum atomic E-state index is -0.0313. The Morgan fingerprint density at radius 2 is 1.62 bits per heavy atom. The van der Waals surface area contributed by atoms with E-state index in [4.69, 9.17) is 4.98 Å². The van der Waals surface area contributed by atoms with Crippen molar-refractivity contribution in [1.82, 2.24) is 9.38 Å². The van der Waals surface area contributed by atoms with Crippen molar-refractivity contribution in [3.8, 4) is 0 Å². The predicted molar refractivity (Wildman–Crippen MR) is 158 cm³/mol. The number of hydrogen-bond acceptors (Lipinski definition) is 1. The molecule has 0 spiro atoms. The number of hydrogen-bond donors (Lipinski definition) is 0. The summed E-state index contributed by atoms with van der Waals surface area (Å²) in [6.07, 6.45) is 8.75. The Bertz CT molecular complexity index is 1990.